The van der Waals surface area contributed by atoms with E-state index in [0.29, 0.717) is 41.1 Å². The zero-order chi connectivity index (χ0) is 19.9. The molecule has 8 heteroatoms. The Balaban J connectivity index is 1.75. The van der Waals surface area contributed by atoms with Crippen LogP contribution in [0.25, 0.3) is 11.6 Å². The molecule has 1 aliphatic rings. The highest BCUT2D eigenvalue weighted by Crippen LogP contribution is 2.32. The summed E-state index contributed by atoms with van der Waals surface area (Å²) in [6.45, 7) is 7.57. The standard InChI is InChI=1S/C20H24N4O3S/c1-14(2)12-24-18-9-10-23(28(25,26)16-7-5-4-6-8-16)13-17(18)19(22-24)20-21-11-15(3)27-20/h4-8,11,14H,9-10,12-13H2,1-3H3. The number of aromatic nitrogens is 3. The van der Waals surface area contributed by atoms with Crippen LogP contribution in [0.1, 0.15) is 30.9 Å². The van der Waals surface area contributed by atoms with E-state index in [1.807, 2.05) is 17.7 Å². The minimum absolute atomic E-state index is 0.265. The van der Waals surface area contributed by atoms with Crippen LogP contribution in [-0.4, -0.2) is 34.0 Å². The van der Waals surface area contributed by atoms with Gasteiger partial charge < -0.3 is 4.42 Å². The average molecular weight is 401 g/mol. The molecule has 0 fully saturated rings. The van der Waals surface area contributed by atoms with Gasteiger partial charge in [0, 0.05) is 37.3 Å². The van der Waals surface area contributed by atoms with Crippen LogP contribution >= 0.6 is 0 Å². The second-order valence-corrected chi connectivity index (χ2v) is 9.47. The summed E-state index contributed by atoms with van der Waals surface area (Å²) in [6.07, 6.45) is 2.27. The fraction of sp³-hybridized carbons (Fsp3) is 0.400. The fourth-order valence-corrected chi connectivity index (χ4v) is 4.98. The first-order valence-electron chi connectivity index (χ1n) is 9.43. The molecule has 28 heavy (non-hydrogen) atoms. The molecule has 4 rings (SSSR count). The predicted octanol–water partition coefficient (Wildman–Crippen LogP) is 3.25. The summed E-state index contributed by atoms with van der Waals surface area (Å²) in [6, 6.07) is 8.55. The van der Waals surface area contributed by atoms with Crippen LogP contribution < -0.4 is 0 Å². The van der Waals surface area contributed by atoms with Gasteiger partial charge in [-0.1, -0.05) is 32.0 Å². The molecule has 0 spiro atoms. The Bertz CT molecular complexity index is 1080. The zero-order valence-corrected chi connectivity index (χ0v) is 17.1. The van der Waals surface area contributed by atoms with E-state index in [1.165, 1.54) is 4.31 Å². The molecule has 2 aromatic heterocycles. The number of nitrogens with zero attached hydrogens (tertiary/aromatic N) is 4. The Hall–Kier alpha value is -2.45. The highest BCUT2D eigenvalue weighted by molar-refractivity contribution is 7.89. The topological polar surface area (TPSA) is 81.2 Å². The number of hydrogen-bond acceptors (Lipinski definition) is 5. The third-order valence-corrected chi connectivity index (χ3v) is 6.70. The lowest BCUT2D eigenvalue weighted by Crippen LogP contribution is -2.36. The van der Waals surface area contributed by atoms with Crippen molar-refractivity contribution in [1.29, 1.82) is 0 Å². The van der Waals surface area contributed by atoms with Crippen molar-refractivity contribution in [3.63, 3.8) is 0 Å². The van der Waals surface area contributed by atoms with Gasteiger partial charge in [-0.25, -0.2) is 13.4 Å². The second-order valence-electron chi connectivity index (χ2n) is 7.53. The SMILES string of the molecule is Cc1cnc(-c2nn(CC(C)C)c3c2CN(S(=O)(=O)c2ccccc2)CC3)o1. The molecule has 148 valence electrons. The van der Waals surface area contributed by atoms with Crippen molar-refractivity contribution in [2.24, 2.45) is 5.92 Å². The van der Waals surface area contributed by atoms with Crippen LogP contribution in [0.2, 0.25) is 0 Å². The van der Waals surface area contributed by atoms with Gasteiger partial charge in [-0.3, -0.25) is 4.68 Å². The summed E-state index contributed by atoms with van der Waals surface area (Å²) in [7, 11) is -3.57. The molecular formula is C20H24N4O3S. The second kappa shape index (κ2) is 7.18. The lowest BCUT2D eigenvalue weighted by atomic mass is 10.1. The summed E-state index contributed by atoms with van der Waals surface area (Å²) in [5.74, 6) is 1.57. The van der Waals surface area contributed by atoms with Crippen molar-refractivity contribution in [2.45, 2.75) is 45.2 Å². The van der Waals surface area contributed by atoms with Crippen LogP contribution in [-0.2, 0) is 29.5 Å². The number of aryl methyl sites for hydroxylation is 1. The Labute approximate surface area is 165 Å². The lowest BCUT2D eigenvalue weighted by molar-refractivity contribution is 0.377. The van der Waals surface area contributed by atoms with Gasteiger partial charge in [0.1, 0.15) is 5.76 Å². The van der Waals surface area contributed by atoms with Gasteiger partial charge >= 0.3 is 0 Å². The number of hydrogen-bond donors (Lipinski definition) is 0. The first-order chi connectivity index (χ1) is 13.4. The van der Waals surface area contributed by atoms with E-state index in [4.69, 9.17) is 9.52 Å². The Morgan fingerprint density at radius 1 is 1.21 bits per heavy atom. The highest BCUT2D eigenvalue weighted by atomic mass is 32.2. The van der Waals surface area contributed by atoms with Crippen molar-refractivity contribution in [1.82, 2.24) is 19.1 Å². The smallest absolute Gasteiger partial charge is 0.247 e. The molecule has 0 aliphatic carbocycles. The van der Waals surface area contributed by atoms with Gasteiger partial charge in [0.15, 0.2) is 5.69 Å². The summed E-state index contributed by atoms with van der Waals surface area (Å²) >= 11 is 0. The number of oxazole rings is 1. The van der Waals surface area contributed by atoms with Crippen LogP contribution in [0.4, 0.5) is 0 Å². The molecule has 0 saturated carbocycles. The largest absolute Gasteiger partial charge is 0.440 e. The Morgan fingerprint density at radius 2 is 1.96 bits per heavy atom. The minimum atomic E-state index is -3.57. The molecule has 0 atom stereocenters. The minimum Gasteiger partial charge on any atom is -0.440 e. The Morgan fingerprint density at radius 3 is 2.61 bits per heavy atom. The van der Waals surface area contributed by atoms with E-state index in [2.05, 4.69) is 18.8 Å². The maximum Gasteiger partial charge on any atom is 0.247 e. The molecule has 1 aliphatic heterocycles. The molecule has 1 aromatic carbocycles. The summed E-state index contributed by atoms with van der Waals surface area (Å²) in [5, 5.41) is 4.74. The zero-order valence-electron chi connectivity index (χ0n) is 16.3. The van der Waals surface area contributed by atoms with E-state index < -0.39 is 10.0 Å². The highest BCUT2D eigenvalue weighted by Gasteiger charge is 2.33. The van der Waals surface area contributed by atoms with Gasteiger partial charge in [-0.05, 0) is 25.0 Å². The van der Waals surface area contributed by atoms with Crippen molar-refractivity contribution < 1.29 is 12.8 Å². The summed E-state index contributed by atoms with van der Waals surface area (Å²) in [4.78, 5) is 4.63. The molecule has 7 nitrogen and oxygen atoms in total. The van der Waals surface area contributed by atoms with E-state index in [1.54, 1.807) is 30.5 Å². The normalized spacial score (nSPS) is 15.1. The molecule has 3 heterocycles. The first-order valence-corrected chi connectivity index (χ1v) is 10.9. The molecule has 3 aromatic rings. The van der Waals surface area contributed by atoms with Crippen molar-refractivity contribution in [2.75, 3.05) is 6.54 Å². The average Bonchev–Trinajstić information content (AvgIpc) is 3.25. The van der Waals surface area contributed by atoms with Gasteiger partial charge in [0.25, 0.3) is 0 Å². The van der Waals surface area contributed by atoms with Gasteiger partial charge in [0.05, 0.1) is 11.1 Å². The lowest BCUT2D eigenvalue weighted by Gasteiger charge is -2.27. The third-order valence-electron chi connectivity index (χ3n) is 4.84. The molecule has 0 N–H and O–H groups in total. The molecule has 0 radical (unpaired) electrons. The quantitative estimate of drug-likeness (QED) is 0.657. The number of rotatable bonds is 5. The number of fused-ring (bicyclic) bond motifs is 1. The summed E-state index contributed by atoms with van der Waals surface area (Å²) in [5.41, 5.74) is 2.59. The van der Waals surface area contributed by atoms with E-state index in [-0.39, 0.29) is 6.54 Å². The molecule has 0 saturated heterocycles. The molecular weight excluding hydrogens is 376 g/mol. The van der Waals surface area contributed by atoms with Gasteiger partial charge in [-0.15, -0.1) is 0 Å². The molecule has 0 amide bonds. The molecule has 0 bridgehead atoms. The van der Waals surface area contributed by atoms with E-state index in [0.717, 1.165) is 17.8 Å². The van der Waals surface area contributed by atoms with Crippen LogP contribution in [0, 0.1) is 12.8 Å². The van der Waals surface area contributed by atoms with Crippen LogP contribution in [0.5, 0.6) is 0 Å². The Kier molecular flexibility index (Phi) is 4.84. The van der Waals surface area contributed by atoms with Crippen LogP contribution in [0.3, 0.4) is 0 Å². The maximum absolute atomic E-state index is 13.1. The van der Waals surface area contributed by atoms with Crippen molar-refractivity contribution in [3.05, 3.63) is 53.5 Å². The number of benzene rings is 1. The maximum atomic E-state index is 13.1. The van der Waals surface area contributed by atoms with Gasteiger partial charge in [0.2, 0.25) is 15.9 Å². The summed E-state index contributed by atoms with van der Waals surface area (Å²) < 4.78 is 35.4. The molecule has 0 unspecified atom stereocenters. The van der Waals surface area contributed by atoms with Crippen molar-refractivity contribution in [3.8, 4) is 11.6 Å². The van der Waals surface area contributed by atoms with E-state index in [9.17, 15) is 8.42 Å². The van der Waals surface area contributed by atoms with Crippen LogP contribution in [0.15, 0.2) is 45.8 Å². The predicted molar refractivity (Wildman–Crippen MR) is 105 cm³/mol. The fourth-order valence-electron chi connectivity index (χ4n) is 3.55. The van der Waals surface area contributed by atoms with Gasteiger partial charge in [-0.2, -0.15) is 9.40 Å². The number of sulfonamides is 1. The van der Waals surface area contributed by atoms with E-state index >= 15 is 0 Å². The monoisotopic (exact) mass is 400 g/mol. The third kappa shape index (κ3) is 3.38. The first kappa shape index (κ1) is 18.9. The van der Waals surface area contributed by atoms with Crippen molar-refractivity contribution >= 4 is 10.0 Å².